The van der Waals surface area contributed by atoms with Crippen LogP contribution in [0.4, 0.5) is 5.69 Å². The smallest absolute Gasteiger partial charge is 0.228 e. The third-order valence-electron chi connectivity index (χ3n) is 5.31. The van der Waals surface area contributed by atoms with Gasteiger partial charge in [-0.2, -0.15) is 0 Å². The van der Waals surface area contributed by atoms with Gasteiger partial charge in [0.1, 0.15) is 5.82 Å². The number of benzene rings is 1. The minimum Gasteiger partial charge on any atom is -0.339 e. The maximum absolute atomic E-state index is 12.8. The highest BCUT2D eigenvalue weighted by atomic mass is 16.2. The molecule has 1 N–H and O–H groups in total. The number of hydrogen-bond acceptors (Lipinski definition) is 4. The van der Waals surface area contributed by atoms with Crippen LogP contribution in [0, 0.1) is 0 Å². The molecule has 1 unspecified atom stereocenters. The predicted molar refractivity (Wildman–Crippen MR) is 97.6 cm³/mol. The zero-order valence-corrected chi connectivity index (χ0v) is 15.1. The maximum atomic E-state index is 12.8. The number of piperazine rings is 1. The summed E-state index contributed by atoms with van der Waals surface area (Å²) < 4.78 is 2.01. The fraction of sp³-hybridized carbons (Fsp3) is 0.421. The van der Waals surface area contributed by atoms with Gasteiger partial charge in [-0.25, -0.2) is 4.98 Å². The molecule has 4 rings (SSSR count). The van der Waals surface area contributed by atoms with Crippen molar-refractivity contribution >= 4 is 17.5 Å². The van der Waals surface area contributed by atoms with Crippen molar-refractivity contribution in [2.24, 2.45) is 7.05 Å². The molecule has 2 aliphatic rings. The summed E-state index contributed by atoms with van der Waals surface area (Å²) >= 11 is 0. The van der Waals surface area contributed by atoms with E-state index < -0.39 is 0 Å². The van der Waals surface area contributed by atoms with Crippen LogP contribution < -0.4 is 5.32 Å². The molecule has 0 saturated carbocycles. The Morgan fingerprint density at radius 1 is 1.31 bits per heavy atom. The molecule has 3 heterocycles. The molecule has 1 fully saturated rings. The van der Waals surface area contributed by atoms with Crippen LogP contribution in [0.25, 0.3) is 0 Å². The quantitative estimate of drug-likeness (QED) is 0.893. The third kappa shape index (κ3) is 3.10. The molecule has 7 heteroatoms. The van der Waals surface area contributed by atoms with Crippen molar-refractivity contribution in [3.63, 3.8) is 0 Å². The first kappa shape index (κ1) is 16.8. The van der Waals surface area contributed by atoms with Crippen LogP contribution in [0.5, 0.6) is 0 Å². The van der Waals surface area contributed by atoms with Crippen molar-refractivity contribution in [3.8, 4) is 0 Å². The van der Waals surface area contributed by atoms with Crippen LogP contribution in [-0.2, 0) is 29.5 Å². The van der Waals surface area contributed by atoms with E-state index in [1.54, 1.807) is 6.20 Å². The first-order chi connectivity index (χ1) is 12.5. The van der Waals surface area contributed by atoms with E-state index in [1.165, 1.54) is 0 Å². The summed E-state index contributed by atoms with van der Waals surface area (Å²) in [5.41, 5.74) is 2.77. The van der Waals surface area contributed by atoms with Crippen molar-refractivity contribution in [1.29, 1.82) is 0 Å². The second-order valence-electron chi connectivity index (χ2n) is 7.13. The van der Waals surface area contributed by atoms with Crippen LogP contribution in [0.2, 0.25) is 0 Å². The lowest BCUT2D eigenvalue weighted by Gasteiger charge is -2.39. The number of rotatable bonds is 3. The molecule has 1 atom stereocenters. The molecule has 2 aromatic rings. The standard InChI is InChI=1S/C19H23N5O2/c1-22-7-8-24(12-16(22)19-20-5-6-23(19)2)18(26)10-13-3-4-14-11-17(25)21-15(14)9-13/h3-6,9,16H,7-8,10-12H2,1-2H3,(H,21,25). The highest BCUT2D eigenvalue weighted by Crippen LogP contribution is 2.26. The Kier molecular flexibility index (Phi) is 4.24. The van der Waals surface area contributed by atoms with Gasteiger partial charge in [0.2, 0.25) is 11.8 Å². The number of imidazole rings is 1. The number of fused-ring (bicyclic) bond motifs is 1. The van der Waals surface area contributed by atoms with Crippen molar-refractivity contribution in [1.82, 2.24) is 19.4 Å². The van der Waals surface area contributed by atoms with E-state index >= 15 is 0 Å². The number of aromatic nitrogens is 2. The number of anilines is 1. The summed E-state index contributed by atoms with van der Waals surface area (Å²) in [5, 5.41) is 2.85. The van der Waals surface area contributed by atoms with E-state index in [4.69, 9.17) is 0 Å². The average molecular weight is 353 g/mol. The number of likely N-dealkylation sites (N-methyl/N-ethyl adjacent to an activating group) is 1. The molecule has 136 valence electrons. The second-order valence-corrected chi connectivity index (χ2v) is 7.13. The molecule has 2 amide bonds. The number of hydrogen-bond donors (Lipinski definition) is 1. The van der Waals surface area contributed by atoms with Gasteiger partial charge in [0.25, 0.3) is 0 Å². The predicted octanol–water partition coefficient (Wildman–Crippen LogP) is 0.972. The molecule has 1 saturated heterocycles. The molecular formula is C19H23N5O2. The normalized spacial score (nSPS) is 20.2. The summed E-state index contributed by atoms with van der Waals surface area (Å²) in [4.78, 5) is 32.9. The molecular weight excluding hydrogens is 330 g/mol. The summed E-state index contributed by atoms with van der Waals surface area (Å²) in [5.74, 6) is 1.10. The van der Waals surface area contributed by atoms with Crippen LogP contribution in [0.15, 0.2) is 30.6 Å². The molecule has 26 heavy (non-hydrogen) atoms. The Morgan fingerprint density at radius 3 is 2.92 bits per heavy atom. The first-order valence-electron chi connectivity index (χ1n) is 8.88. The Morgan fingerprint density at radius 2 is 2.15 bits per heavy atom. The number of aryl methyl sites for hydroxylation is 1. The zero-order valence-electron chi connectivity index (χ0n) is 15.1. The summed E-state index contributed by atoms with van der Waals surface area (Å²) in [7, 11) is 4.06. The van der Waals surface area contributed by atoms with Crippen molar-refractivity contribution in [3.05, 3.63) is 47.5 Å². The number of carbonyl (C=O) groups is 2. The number of nitrogens with zero attached hydrogens (tertiary/aromatic N) is 4. The lowest BCUT2D eigenvalue weighted by molar-refractivity contribution is -0.133. The fourth-order valence-electron chi connectivity index (χ4n) is 3.74. The maximum Gasteiger partial charge on any atom is 0.228 e. The van der Waals surface area contributed by atoms with Crippen molar-refractivity contribution < 1.29 is 9.59 Å². The van der Waals surface area contributed by atoms with Gasteiger partial charge in [-0.05, 0) is 24.2 Å². The second kappa shape index (κ2) is 6.57. The van der Waals surface area contributed by atoms with Crippen LogP contribution >= 0.6 is 0 Å². The molecule has 1 aromatic carbocycles. The minimum absolute atomic E-state index is 0.0143. The van der Waals surface area contributed by atoms with E-state index in [9.17, 15) is 9.59 Å². The summed E-state index contributed by atoms with van der Waals surface area (Å²) in [6.45, 7) is 2.18. The molecule has 7 nitrogen and oxygen atoms in total. The monoisotopic (exact) mass is 353 g/mol. The highest BCUT2D eigenvalue weighted by molar-refractivity contribution is 5.99. The largest absolute Gasteiger partial charge is 0.339 e. The zero-order chi connectivity index (χ0) is 18.3. The molecule has 0 radical (unpaired) electrons. The van der Waals surface area contributed by atoms with E-state index in [2.05, 4.69) is 22.2 Å². The third-order valence-corrected chi connectivity index (χ3v) is 5.31. The van der Waals surface area contributed by atoms with E-state index in [0.29, 0.717) is 19.4 Å². The Hall–Kier alpha value is -2.67. The van der Waals surface area contributed by atoms with Gasteiger partial charge in [0.05, 0.1) is 18.9 Å². The van der Waals surface area contributed by atoms with Crippen molar-refractivity contribution in [2.75, 3.05) is 32.0 Å². The molecule has 0 bridgehead atoms. The number of nitrogens with one attached hydrogen (secondary N) is 1. The fourth-order valence-corrected chi connectivity index (χ4v) is 3.74. The van der Waals surface area contributed by atoms with E-state index in [1.807, 2.05) is 40.9 Å². The van der Waals surface area contributed by atoms with Gasteiger partial charge in [-0.15, -0.1) is 0 Å². The van der Waals surface area contributed by atoms with Crippen LogP contribution in [-0.4, -0.2) is 57.8 Å². The minimum atomic E-state index is 0.0143. The molecule has 0 spiro atoms. The Bertz CT molecular complexity index is 859. The van der Waals surface area contributed by atoms with Crippen LogP contribution in [0.3, 0.4) is 0 Å². The molecule has 0 aliphatic carbocycles. The number of carbonyl (C=O) groups excluding carboxylic acids is 2. The lowest BCUT2D eigenvalue weighted by Crippen LogP contribution is -2.50. The van der Waals surface area contributed by atoms with Gasteiger partial charge in [-0.1, -0.05) is 12.1 Å². The SMILES string of the molecule is CN1CCN(C(=O)Cc2ccc3c(c2)NC(=O)C3)CC1c1nccn1C. The van der Waals surface area contributed by atoms with Gasteiger partial charge < -0.3 is 14.8 Å². The van der Waals surface area contributed by atoms with Gasteiger partial charge in [0, 0.05) is 44.8 Å². The Labute approximate surface area is 152 Å². The van der Waals surface area contributed by atoms with Gasteiger partial charge in [-0.3, -0.25) is 14.5 Å². The lowest BCUT2D eigenvalue weighted by atomic mass is 10.1. The topological polar surface area (TPSA) is 70.5 Å². The molecule has 2 aliphatic heterocycles. The Balaban J connectivity index is 1.46. The first-order valence-corrected chi connectivity index (χ1v) is 8.88. The average Bonchev–Trinajstić information content (AvgIpc) is 3.19. The molecule has 1 aromatic heterocycles. The van der Waals surface area contributed by atoms with Gasteiger partial charge >= 0.3 is 0 Å². The van der Waals surface area contributed by atoms with Gasteiger partial charge in [0.15, 0.2) is 0 Å². The number of amides is 2. The van der Waals surface area contributed by atoms with E-state index in [0.717, 1.165) is 35.7 Å². The van der Waals surface area contributed by atoms with Crippen LogP contribution in [0.1, 0.15) is 23.0 Å². The van der Waals surface area contributed by atoms with Crippen molar-refractivity contribution in [2.45, 2.75) is 18.9 Å². The highest BCUT2D eigenvalue weighted by Gasteiger charge is 2.30. The summed E-state index contributed by atoms with van der Waals surface area (Å²) in [6.07, 6.45) is 4.50. The summed E-state index contributed by atoms with van der Waals surface area (Å²) in [6, 6.07) is 5.91. The van der Waals surface area contributed by atoms with E-state index in [-0.39, 0.29) is 17.9 Å².